The zero-order chi connectivity index (χ0) is 13.3. The van der Waals surface area contributed by atoms with Crippen molar-refractivity contribution in [2.24, 2.45) is 0 Å². The number of aryl methyl sites for hydroxylation is 1. The maximum Gasteiger partial charge on any atom is 0.336 e. The highest BCUT2D eigenvalue weighted by atomic mass is 32.2. The van der Waals surface area contributed by atoms with E-state index in [0.29, 0.717) is 5.58 Å². The van der Waals surface area contributed by atoms with Crippen molar-refractivity contribution in [3.63, 3.8) is 0 Å². The van der Waals surface area contributed by atoms with Gasteiger partial charge in [-0.25, -0.2) is 4.79 Å². The van der Waals surface area contributed by atoms with E-state index in [0.717, 1.165) is 15.8 Å². The molecule has 1 unspecified atom stereocenters. The molecule has 2 aromatic rings. The molecular weight excluding hydrogens is 248 g/mol. The summed E-state index contributed by atoms with van der Waals surface area (Å²) >= 11 is 1.47. The SMILES string of the molecule is CC(=O)C(C)Sc1ccc2c(C)cc(=O)oc2c1. The van der Waals surface area contributed by atoms with Gasteiger partial charge in [0.25, 0.3) is 0 Å². The van der Waals surface area contributed by atoms with Crippen molar-refractivity contribution >= 4 is 28.5 Å². The van der Waals surface area contributed by atoms with E-state index in [4.69, 9.17) is 4.42 Å². The number of hydrogen-bond acceptors (Lipinski definition) is 4. The summed E-state index contributed by atoms with van der Waals surface area (Å²) in [6, 6.07) is 7.16. The normalized spacial score (nSPS) is 12.6. The highest BCUT2D eigenvalue weighted by Crippen LogP contribution is 2.27. The fourth-order valence-corrected chi connectivity index (χ4v) is 2.56. The van der Waals surface area contributed by atoms with E-state index in [1.54, 1.807) is 6.92 Å². The lowest BCUT2D eigenvalue weighted by Crippen LogP contribution is -2.07. The average molecular weight is 262 g/mol. The van der Waals surface area contributed by atoms with Gasteiger partial charge in [0.1, 0.15) is 11.4 Å². The van der Waals surface area contributed by atoms with Crippen molar-refractivity contribution in [1.29, 1.82) is 0 Å². The molecule has 0 saturated carbocycles. The van der Waals surface area contributed by atoms with Gasteiger partial charge in [0.15, 0.2) is 0 Å². The summed E-state index contributed by atoms with van der Waals surface area (Å²) in [5.41, 5.74) is 1.12. The summed E-state index contributed by atoms with van der Waals surface area (Å²) in [4.78, 5) is 23.5. The van der Waals surface area contributed by atoms with E-state index in [1.165, 1.54) is 17.8 Å². The van der Waals surface area contributed by atoms with Crippen molar-refractivity contribution in [3.05, 3.63) is 40.2 Å². The van der Waals surface area contributed by atoms with Crippen LogP contribution in [0.25, 0.3) is 11.0 Å². The molecule has 1 heterocycles. The molecule has 0 amide bonds. The first-order valence-electron chi connectivity index (χ1n) is 5.69. The van der Waals surface area contributed by atoms with Gasteiger partial charge in [-0.05, 0) is 44.5 Å². The Morgan fingerprint density at radius 3 is 2.72 bits per heavy atom. The summed E-state index contributed by atoms with van der Waals surface area (Å²) < 4.78 is 5.17. The minimum Gasteiger partial charge on any atom is -0.423 e. The van der Waals surface area contributed by atoms with Crippen LogP contribution in [0, 0.1) is 6.92 Å². The Hall–Kier alpha value is -1.55. The molecule has 3 nitrogen and oxygen atoms in total. The highest BCUT2D eigenvalue weighted by Gasteiger charge is 2.10. The first-order valence-corrected chi connectivity index (χ1v) is 6.57. The van der Waals surface area contributed by atoms with Crippen LogP contribution in [0.4, 0.5) is 0 Å². The zero-order valence-electron chi connectivity index (χ0n) is 10.5. The molecule has 0 aliphatic heterocycles. The van der Waals surface area contributed by atoms with Crippen LogP contribution in [-0.4, -0.2) is 11.0 Å². The highest BCUT2D eigenvalue weighted by molar-refractivity contribution is 8.00. The van der Waals surface area contributed by atoms with Crippen LogP contribution >= 0.6 is 11.8 Å². The Bertz CT molecular complexity index is 658. The summed E-state index contributed by atoms with van der Waals surface area (Å²) in [5.74, 6) is 0.130. The second-order valence-electron chi connectivity index (χ2n) is 4.28. The van der Waals surface area contributed by atoms with Gasteiger partial charge in [0, 0.05) is 16.3 Å². The summed E-state index contributed by atoms with van der Waals surface area (Å²) in [6.45, 7) is 5.32. The second-order valence-corrected chi connectivity index (χ2v) is 5.69. The third-order valence-corrected chi connectivity index (χ3v) is 4.02. The summed E-state index contributed by atoms with van der Waals surface area (Å²) in [6.07, 6.45) is 0. The standard InChI is InChI=1S/C14H14O3S/c1-8-6-14(16)17-13-7-11(4-5-12(8)13)18-10(3)9(2)15/h4-7,10H,1-3H3. The zero-order valence-corrected chi connectivity index (χ0v) is 11.3. The van der Waals surface area contributed by atoms with Crippen LogP contribution in [0.5, 0.6) is 0 Å². The number of ketones is 1. The van der Waals surface area contributed by atoms with Gasteiger partial charge in [-0.3, -0.25) is 4.79 Å². The van der Waals surface area contributed by atoms with E-state index in [9.17, 15) is 9.59 Å². The number of hydrogen-bond donors (Lipinski definition) is 0. The van der Waals surface area contributed by atoms with Gasteiger partial charge in [-0.2, -0.15) is 0 Å². The lowest BCUT2D eigenvalue weighted by atomic mass is 10.1. The van der Waals surface area contributed by atoms with Crippen LogP contribution in [0.2, 0.25) is 0 Å². The molecule has 0 bridgehead atoms. The molecule has 0 aliphatic rings. The topological polar surface area (TPSA) is 47.3 Å². The molecule has 1 aromatic carbocycles. The number of thioether (sulfide) groups is 1. The first kappa shape index (κ1) is 12.9. The maximum atomic E-state index is 11.3. The number of Topliss-reactive ketones (excluding diaryl/α,β-unsaturated/α-hetero) is 1. The predicted molar refractivity (Wildman–Crippen MR) is 73.2 cm³/mol. The Balaban J connectivity index is 2.44. The molecular formula is C14H14O3S. The second kappa shape index (κ2) is 4.98. The Kier molecular flexibility index (Phi) is 3.57. The molecule has 0 saturated heterocycles. The van der Waals surface area contributed by atoms with Crippen molar-refractivity contribution in [3.8, 4) is 0 Å². The van der Waals surface area contributed by atoms with Crippen molar-refractivity contribution in [1.82, 2.24) is 0 Å². The van der Waals surface area contributed by atoms with E-state index in [-0.39, 0.29) is 16.7 Å². The number of fused-ring (bicyclic) bond motifs is 1. The van der Waals surface area contributed by atoms with Crippen LogP contribution in [0.15, 0.2) is 38.4 Å². The van der Waals surface area contributed by atoms with E-state index >= 15 is 0 Å². The van der Waals surface area contributed by atoms with E-state index in [2.05, 4.69) is 0 Å². The molecule has 94 valence electrons. The smallest absolute Gasteiger partial charge is 0.336 e. The quantitative estimate of drug-likeness (QED) is 0.629. The van der Waals surface area contributed by atoms with Gasteiger partial charge in [0.05, 0.1) is 5.25 Å². The molecule has 18 heavy (non-hydrogen) atoms. The minimum absolute atomic E-state index is 0.0982. The molecule has 0 N–H and O–H groups in total. The van der Waals surface area contributed by atoms with Crippen LogP contribution in [-0.2, 0) is 4.79 Å². The van der Waals surface area contributed by atoms with Crippen LogP contribution in [0.3, 0.4) is 0 Å². The molecule has 2 rings (SSSR count). The van der Waals surface area contributed by atoms with Crippen LogP contribution < -0.4 is 5.63 Å². The van der Waals surface area contributed by atoms with Gasteiger partial charge in [-0.15, -0.1) is 11.8 Å². The first-order chi connectivity index (χ1) is 8.47. The number of rotatable bonds is 3. The fraction of sp³-hybridized carbons (Fsp3) is 0.286. The predicted octanol–water partition coefficient (Wildman–Crippen LogP) is 3.17. The lowest BCUT2D eigenvalue weighted by molar-refractivity contribution is -0.116. The van der Waals surface area contributed by atoms with Crippen LogP contribution in [0.1, 0.15) is 19.4 Å². The molecule has 4 heteroatoms. The largest absolute Gasteiger partial charge is 0.423 e. The Morgan fingerprint density at radius 1 is 1.33 bits per heavy atom. The average Bonchev–Trinajstić information content (AvgIpc) is 2.27. The van der Waals surface area contributed by atoms with Gasteiger partial charge in [0.2, 0.25) is 0 Å². The Morgan fingerprint density at radius 2 is 2.06 bits per heavy atom. The molecule has 0 aliphatic carbocycles. The van der Waals surface area contributed by atoms with Gasteiger partial charge >= 0.3 is 5.63 Å². The number of carbonyl (C=O) groups excluding carboxylic acids is 1. The third kappa shape index (κ3) is 2.64. The third-order valence-electron chi connectivity index (χ3n) is 2.81. The van der Waals surface area contributed by atoms with Gasteiger partial charge < -0.3 is 4.42 Å². The fourth-order valence-electron chi connectivity index (χ4n) is 1.67. The van der Waals surface area contributed by atoms with Gasteiger partial charge in [-0.1, -0.05) is 0 Å². The molecule has 0 radical (unpaired) electrons. The summed E-state index contributed by atoms with van der Waals surface area (Å²) in [7, 11) is 0. The molecule has 1 atom stereocenters. The van der Waals surface area contributed by atoms with Crippen molar-refractivity contribution in [2.75, 3.05) is 0 Å². The maximum absolute atomic E-state index is 11.3. The van der Waals surface area contributed by atoms with Crippen molar-refractivity contribution in [2.45, 2.75) is 30.9 Å². The molecule has 0 spiro atoms. The lowest BCUT2D eigenvalue weighted by Gasteiger charge is -2.08. The van der Waals surface area contributed by atoms with E-state index < -0.39 is 0 Å². The van der Waals surface area contributed by atoms with E-state index in [1.807, 2.05) is 32.0 Å². The molecule has 0 fully saturated rings. The minimum atomic E-state index is -0.346. The number of benzene rings is 1. The monoisotopic (exact) mass is 262 g/mol. The summed E-state index contributed by atoms with van der Waals surface area (Å²) in [5, 5.41) is 0.827. The number of carbonyl (C=O) groups is 1. The van der Waals surface area contributed by atoms with Crippen molar-refractivity contribution < 1.29 is 9.21 Å². The molecule has 1 aromatic heterocycles. The Labute approximate surface area is 109 Å².